The molecule has 2 fully saturated rings. The van der Waals surface area contributed by atoms with Crippen LogP contribution in [0.1, 0.15) is 39.0 Å². The van der Waals surface area contributed by atoms with Gasteiger partial charge in [-0.2, -0.15) is 11.8 Å². The third kappa shape index (κ3) is 2.54. The van der Waals surface area contributed by atoms with Crippen molar-refractivity contribution < 1.29 is 4.79 Å². The Morgan fingerprint density at radius 1 is 1.56 bits per heavy atom. The quantitative estimate of drug-likeness (QED) is 0.771. The van der Waals surface area contributed by atoms with Gasteiger partial charge >= 0.3 is 0 Å². The van der Waals surface area contributed by atoms with Gasteiger partial charge < -0.3 is 4.90 Å². The molecular formula is C12H22N2OS. The topological polar surface area (TPSA) is 32.3 Å². The van der Waals surface area contributed by atoms with E-state index in [1.807, 2.05) is 16.7 Å². The van der Waals surface area contributed by atoms with Gasteiger partial charge in [0, 0.05) is 11.3 Å². The maximum atomic E-state index is 12.1. The molecule has 0 aromatic carbocycles. The Morgan fingerprint density at radius 3 is 2.88 bits per heavy atom. The van der Waals surface area contributed by atoms with Gasteiger partial charge in [-0.05, 0) is 25.5 Å². The van der Waals surface area contributed by atoms with Gasteiger partial charge in [0.1, 0.15) is 0 Å². The van der Waals surface area contributed by atoms with Crippen LogP contribution in [0.15, 0.2) is 0 Å². The average Bonchev–Trinajstić information content (AvgIpc) is 2.99. The van der Waals surface area contributed by atoms with Crippen LogP contribution in [0.3, 0.4) is 0 Å². The minimum atomic E-state index is 0.0950. The first kappa shape index (κ1) is 12.2. The Balaban J connectivity index is 1.82. The first-order valence-corrected chi connectivity index (χ1v) is 7.50. The van der Waals surface area contributed by atoms with Crippen LogP contribution in [-0.2, 0) is 4.79 Å². The summed E-state index contributed by atoms with van der Waals surface area (Å²) in [6, 6.07) is 0.0950. The van der Waals surface area contributed by atoms with Crippen LogP contribution >= 0.6 is 11.8 Å². The lowest BCUT2D eigenvalue weighted by atomic mass is 10.1. The van der Waals surface area contributed by atoms with Crippen molar-refractivity contribution in [3.63, 3.8) is 0 Å². The zero-order valence-electron chi connectivity index (χ0n) is 10.3. The fourth-order valence-corrected chi connectivity index (χ4v) is 3.08. The monoisotopic (exact) mass is 242 g/mol. The molecular weight excluding hydrogens is 220 g/mol. The molecule has 16 heavy (non-hydrogen) atoms. The summed E-state index contributed by atoms with van der Waals surface area (Å²) in [6.07, 6.45) is 8.02. The van der Waals surface area contributed by atoms with Crippen molar-refractivity contribution in [3.8, 4) is 0 Å². The highest BCUT2D eigenvalue weighted by Gasteiger charge is 2.45. The lowest BCUT2D eigenvalue weighted by Crippen LogP contribution is -2.35. The van der Waals surface area contributed by atoms with E-state index >= 15 is 0 Å². The summed E-state index contributed by atoms with van der Waals surface area (Å²) >= 11 is 1.92. The molecule has 1 unspecified atom stereocenters. The first-order chi connectivity index (χ1) is 7.71. The third-order valence-electron chi connectivity index (χ3n) is 3.70. The number of nitrogens with zero attached hydrogens (tertiary/aromatic N) is 1. The Labute approximate surface area is 102 Å². The van der Waals surface area contributed by atoms with Crippen LogP contribution in [0.4, 0.5) is 0 Å². The first-order valence-electron chi connectivity index (χ1n) is 6.28. The SMILES string of the molecule is CCCCC1NCN(CC2(SC)CC2)C1=O. The molecule has 1 amide bonds. The molecule has 3 nitrogen and oxygen atoms in total. The standard InChI is InChI=1S/C12H22N2OS/c1-3-4-5-10-11(15)14(9-13-10)8-12(16-2)6-7-12/h10,13H,3-9H2,1-2H3. The van der Waals surface area contributed by atoms with Gasteiger partial charge in [0.25, 0.3) is 0 Å². The van der Waals surface area contributed by atoms with Gasteiger partial charge in [0.05, 0.1) is 12.7 Å². The predicted molar refractivity (Wildman–Crippen MR) is 68.5 cm³/mol. The summed E-state index contributed by atoms with van der Waals surface area (Å²) in [4.78, 5) is 14.1. The van der Waals surface area contributed by atoms with Crippen LogP contribution in [0, 0.1) is 0 Å². The van der Waals surface area contributed by atoms with E-state index in [1.165, 1.54) is 19.3 Å². The molecule has 0 aromatic rings. The van der Waals surface area contributed by atoms with Gasteiger partial charge in [-0.3, -0.25) is 10.1 Å². The largest absolute Gasteiger partial charge is 0.327 e. The molecule has 0 spiro atoms. The fourth-order valence-electron chi connectivity index (χ4n) is 2.29. The second-order valence-electron chi connectivity index (χ2n) is 4.98. The van der Waals surface area contributed by atoms with E-state index in [2.05, 4.69) is 18.5 Å². The highest BCUT2D eigenvalue weighted by molar-refractivity contribution is 8.00. The van der Waals surface area contributed by atoms with E-state index in [1.54, 1.807) is 0 Å². The molecule has 2 aliphatic rings. The van der Waals surface area contributed by atoms with E-state index in [4.69, 9.17) is 0 Å². The van der Waals surface area contributed by atoms with Crippen molar-refractivity contribution in [1.29, 1.82) is 0 Å². The minimum absolute atomic E-state index is 0.0950. The maximum Gasteiger partial charge on any atom is 0.240 e. The van der Waals surface area contributed by atoms with Gasteiger partial charge in [-0.1, -0.05) is 19.8 Å². The fraction of sp³-hybridized carbons (Fsp3) is 0.917. The number of unbranched alkanes of at least 4 members (excludes halogenated alkanes) is 1. The Bertz CT molecular complexity index is 266. The van der Waals surface area contributed by atoms with Crippen molar-refractivity contribution in [2.45, 2.75) is 49.8 Å². The molecule has 2 rings (SSSR count). The van der Waals surface area contributed by atoms with E-state index in [-0.39, 0.29) is 6.04 Å². The second-order valence-corrected chi connectivity index (χ2v) is 6.25. The summed E-state index contributed by atoms with van der Waals surface area (Å²) in [7, 11) is 0. The van der Waals surface area contributed by atoms with Crippen LogP contribution in [0.25, 0.3) is 0 Å². The number of amides is 1. The number of rotatable bonds is 6. The number of nitrogens with one attached hydrogen (secondary N) is 1. The molecule has 1 saturated carbocycles. The number of carbonyl (C=O) groups is 1. The minimum Gasteiger partial charge on any atom is -0.327 e. The molecule has 0 aromatic heterocycles. The van der Waals surface area contributed by atoms with Gasteiger partial charge in [-0.25, -0.2) is 0 Å². The van der Waals surface area contributed by atoms with Gasteiger partial charge in [0.15, 0.2) is 0 Å². The highest BCUT2D eigenvalue weighted by atomic mass is 32.2. The van der Waals surface area contributed by atoms with Crippen molar-refractivity contribution in [3.05, 3.63) is 0 Å². The Hall–Kier alpha value is -0.220. The van der Waals surface area contributed by atoms with Crippen LogP contribution in [0.5, 0.6) is 0 Å². The summed E-state index contributed by atoms with van der Waals surface area (Å²) in [5.41, 5.74) is 0. The van der Waals surface area contributed by atoms with E-state index in [9.17, 15) is 4.79 Å². The molecule has 0 radical (unpaired) electrons. The molecule has 0 bridgehead atoms. The molecule has 1 saturated heterocycles. The molecule has 1 atom stereocenters. The van der Waals surface area contributed by atoms with Crippen LogP contribution < -0.4 is 5.32 Å². The number of carbonyl (C=O) groups excluding carboxylic acids is 1. The van der Waals surface area contributed by atoms with Gasteiger partial charge in [0.2, 0.25) is 5.91 Å². The lowest BCUT2D eigenvalue weighted by molar-refractivity contribution is -0.129. The van der Waals surface area contributed by atoms with Crippen LogP contribution in [-0.4, -0.2) is 41.1 Å². The Kier molecular flexibility index (Phi) is 3.80. The van der Waals surface area contributed by atoms with Crippen LogP contribution in [0.2, 0.25) is 0 Å². The zero-order valence-corrected chi connectivity index (χ0v) is 11.1. The second kappa shape index (κ2) is 4.96. The smallest absolute Gasteiger partial charge is 0.240 e. The molecule has 1 aliphatic heterocycles. The third-order valence-corrected chi connectivity index (χ3v) is 5.11. The maximum absolute atomic E-state index is 12.1. The van der Waals surface area contributed by atoms with Crippen molar-refractivity contribution in [2.75, 3.05) is 19.5 Å². The number of thioether (sulfide) groups is 1. The van der Waals surface area contributed by atoms with E-state index in [0.717, 1.165) is 26.1 Å². The van der Waals surface area contributed by atoms with E-state index < -0.39 is 0 Å². The zero-order chi connectivity index (χ0) is 11.6. The molecule has 92 valence electrons. The summed E-state index contributed by atoms with van der Waals surface area (Å²) in [5.74, 6) is 0.328. The lowest BCUT2D eigenvalue weighted by Gasteiger charge is -2.21. The highest BCUT2D eigenvalue weighted by Crippen LogP contribution is 2.47. The Morgan fingerprint density at radius 2 is 2.31 bits per heavy atom. The summed E-state index contributed by atoms with van der Waals surface area (Å²) in [6.45, 7) is 3.88. The molecule has 1 N–H and O–H groups in total. The van der Waals surface area contributed by atoms with Gasteiger partial charge in [-0.15, -0.1) is 0 Å². The average molecular weight is 242 g/mol. The summed E-state index contributed by atoms with van der Waals surface area (Å²) < 4.78 is 0.400. The predicted octanol–water partition coefficient (Wildman–Crippen LogP) is 1.83. The normalized spacial score (nSPS) is 27.5. The number of hydrogen-bond donors (Lipinski definition) is 1. The summed E-state index contributed by atoms with van der Waals surface area (Å²) in [5, 5.41) is 3.33. The molecule has 1 aliphatic carbocycles. The van der Waals surface area contributed by atoms with Crippen molar-refractivity contribution in [1.82, 2.24) is 10.2 Å². The number of hydrogen-bond acceptors (Lipinski definition) is 3. The van der Waals surface area contributed by atoms with Crippen molar-refractivity contribution in [2.24, 2.45) is 0 Å². The van der Waals surface area contributed by atoms with E-state index in [0.29, 0.717) is 10.7 Å². The molecule has 4 heteroatoms. The molecule has 1 heterocycles. The van der Waals surface area contributed by atoms with Crippen molar-refractivity contribution >= 4 is 17.7 Å².